The number of hydrogen-bond donors (Lipinski definition) is 0. The highest BCUT2D eigenvalue weighted by Crippen LogP contribution is 2.53. The number of ether oxygens (including phenoxy) is 1. The van der Waals surface area contributed by atoms with E-state index in [1.165, 1.54) is 0 Å². The van der Waals surface area contributed by atoms with E-state index in [0.717, 1.165) is 44.7 Å². The van der Waals surface area contributed by atoms with Crippen molar-refractivity contribution in [2.45, 2.75) is 51.2 Å². The van der Waals surface area contributed by atoms with Gasteiger partial charge in [0.15, 0.2) is 11.6 Å². The molecule has 5 rings (SSSR count). The summed E-state index contributed by atoms with van der Waals surface area (Å²) in [6, 6.07) is 6.11. The fraction of sp³-hybridized carbons (Fsp3) is 0.476. The number of thiazole rings is 1. The fourth-order valence-electron chi connectivity index (χ4n) is 5.02. The number of nitrogens with zero attached hydrogens (tertiary/aromatic N) is 1. The van der Waals surface area contributed by atoms with E-state index in [2.05, 4.69) is 35.8 Å². The SMILES string of the molecule is CCc1sc(-c2ccc(Br)cc2C)nc1C1C(=O)[C@@H]2[C@H](C1=O)[C@@H]1CC[C@H]2O1. The van der Waals surface area contributed by atoms with Crippen LogP contribution in [-0.2, 0) is 20.7 Å². The lowest BCUT2D eigenvalue weighted by Gasteiger charge is -2.16. The lowest BCUT2D eigenvalue weighted by Crippen LogP contribution is -2.29. The number of hydrogen-bond acceptors (Lipinski definition) is 5. The standard InChI is InChI=1S/C21H20BrNO3S/c1-3-14-18(23-21(27-14)11-5-4-10(22)8-9(11)2)17-19(24)15-12-6-7-13(26-12)16(15)20(17)25/h4-5,8,12-13,15-17H,3,6-7H2,1-2H3/t12-,13+,15+,16-,17?. The number of carbonyl (C=O) groups excluding carboxylic acids is 2. The topological polar surface area (TPSA) is 56.3 Å². The second-order valence-corrected chi connectivity index (χ2v) is 9.72. The zero-order valence-electron chi connectivity index (χ0n) is 15.2. The minimum absolute atomic E-state index is 0.0382. The summed E-state index contributed by atoms with van der Waals surface area (Å²) in [6.07, 6.45) is 2.46. The highest BCUT2D eigenvalue weighted by molar-refractivity contribution is 9.10. The molecule has 2 bridgehead atoms. The van der Waals surface area contributed by atoms with E-state index in [1.54, 1.807) is 11.3 Å². The Kier molecular flexibility index (Phi) is 4.15. The zero-order chi connectivity index (χ0) is 18.9. The molecule has 3 aliphatic rings. The number of ketones is 2. The number of benzene rings is 1. The highest BCUT2D eigenvalue weighted by atomic mass is 79.9. The van der Waals surface area contributed by atoms with E-state index in [0.29, 0.717) is 5.69 Å². The van der Waals surface area contributed by atoms with E-state index < -0.39 is 5.92 Å². The molecule has 6 heteroatoms. The normalized spacial score (nSPS) is 31.7. The maximum absolute atomic E-state index is 13.2. The first-order valence-corrected chi connectivity index (χ1v) is 11.1. The van der Waals surface area contributed by atoms with Crippen molar-refractivity contribution in [3.63, 3.8) is 0 Å². The van der Waals surface area contributed by atoms with Crippen LogP contribution in [0.5, 0.6) is 0 Å². The molecule has 140 valence electrons. The second kappa shape index (κ2) is 6.33. The molecule has 2 aliphatic heterocycles. The van der Waals surface area contributed by atoms with Gasteiger partial charge in [-0.3, -0.25) is 9.59 Å². The molecule has 0 amide bonds. The summed E-state index contributed by atoms with van der Waals surface area (Å²) in [5.41, 5.74) is 2.88. The van der Waals surface area contributed by atoms with Gasteiger partial charge in [0.05, 0.1) is 29.7 Å². The first-order valence-electron chi connectivity index (χ1n) is 9.48. The van der Waals surface area contributed by atoms with Gasteiger partial charge in [-0.2, -0.15) is 0 Å². The second-order valence-electron chi connectivity index (χ2n) is 7.72. The molecule has 1 aliphatic carbocycles. The average molecular weight is 446 g/mol. The Morgan fingerprint density at radius 1 is 1.19 bits per heavy atom. The molecular weight excluding hydrogens is 426 g/mol. The van der Waals surface area contributed by atoms with Crippen molar-refractivity contribution < 1.29 is 14.3 Å². The van der Waals surface area contributed by atoms with Gasteiger partial charge in [0.1, 0.15) is 10.9 Å². The highest BCUT2D eigenvalue weighted by Gasteiger charge is 2.63. The van der Waals surface area contributed by atoms with E-state index in [9.17, 15) is 9.59 Å². The van der Waals surface area contributed by atoms with E-state index in [1.807, 2.05) is 12.1 Å². The molecule has 2 aromatic rings. The Hall–Kier alpha value is -1.37. The molecular formula is C21H20BrNO3S. The third-order valence-electron chi connectivity index (χ3n) is 6.24. The van der Waals surface area contributed by atoms with Crippen LogP contribution < -0.4 is 0 Å². The molecule has 2 saturated heterocycles. The molecule has 0 spiro atoms. The molecule has 4 nitrogen and oxygen atoms in total. The largest absolute Gasteiger partial charge is 0.373 e. The van der Waals surface area contributed by atoms with Crippen LogP contribution in [-0.4, -0.2) is 28.8 Å². The first kappa shape index (κ1) is 17.7. The molecule has 5 atom stereocenters. The van der Waals surface area contributed by atoms with Gasteiger partial charge in [0.25, 0.3) is 0 Å². The smallest absolute Gasteiger partial charge is 0.155 e. The Morgan fingerprint density at radius 3 is 2.44 bits per heavy atom. The Labute approximate surface area is 170 Å². The molecule has 0 radical (unpaired) electrons. The summed E-state index contributed by atoms with van der Waals surface area (Å²) in [6.45, 7) is 4.12. The lowest BCUT2D eigenvalue weighted by molar-refractivity contribution is -0.127. The molecule has 0 N–H and O–H groups in total. The number of halogens is 1. The molecule has 1 saturated carbocycles. The minimum atomic E-state index is -0.692. The number of carbonyl (C=O) groups is 2. The van der Waals surface area contributed by atoms with Gasteiger partial charge < -0.3 is 4.74 Å². The summed E-state index contributed by atoms with van der Waals surface area (Å²) in [7, 11) is 0. The van der Waals surface area contributed by atoms with E-state index in [-0.39, 0.29) is 35.6 Å². The summed E-state index contributed by atoms with van der Waals surface area (Å²) < 4.78 is 6.89. The number of rotatable bonds is 3. The van der Waals surface area contributed by atoms with Gasteiger partial charge in [0, 0.05) is 14.9 Å². The Balaban J connectivity index is 1.57. The van der Waals surface area contributed by atoms with Crippen molar-refractivity contribution in [2.75, 3.05) is 0 Å². The maximum Gasteiger partial charge on any atom is 0.155 e. The van der Waals surface area contributed by atoms with Crippen LogP contribution in [0.3, 0.4) is 0 Å². The molecule has 3 fully saturated rings. The fourth-order valence-corrected chi connectivity index (χ4v) is 6.62. The molecule has 1 unspecified atom stereocenters. The number of aryl methyl sites for hydroxylation is 2. The van der Waals surface area contributed by atoms with Crippen molar-refractivity contribution in [1.82, 2.24) is 4.98 Å². The molecule has 3 heterocycles. The number of Topliss-reactive ketones (excluding diaryl/α,β-unsaturated/α-hetero) is 2. The third-order valence-corrected chi connectivity index (χ3v) is 7.98. The zero-order valence-corrected chi connectivity index (χ0v) is 17.6. The quantitative estimate of drug-likeness (QED) is 0.653. The van der Waals surface area contributed by atoms with Crippen LogP contribution in [0.1, 0.15) is 41.8 Å². The third kappa shape index (κ3) is 2.53. The average Bonchev–Trinajstić information content (AvgIpc) is 3.38. The summed E-state index contributed by atoms with van der Waals surface area (Å²) in [4.78, 5) is 32.2. The van der Waals surface area contributed by atoms with Crippen molar-refractivity contribution in [1.29, 1.82) is 0 Å². The van der Waals surface area contributed by atoms with Crippen LogP contribution in [0.4, 0.5) is 0 Å². The van der Waals surface area contributed by atoms with Gasteiger partial charge >= 0.3 is 0 Å². The first-order chi connectivity index (χ1) is 13.0. The van der Waals surface area contributed by atoms with Crippen LogP contribution in [0.2, 0.25) is 0 Å². The van der Waals surface area contributed by atoms with Crippen LogP contribution >= 0.6 is 27.3 Å². The van der Waals surface area contributed by atoms with Gasteiger partial charge in [-0.25, -0.2) is 4.98 Å². The number of aromatic nitrogens is 1. The van der Waals surface area contributed by atoms with Gasteiger partial charge in [-0.1, -0.05) is 28.9 Å². The molecule has 1 aromatic heterocycles. The lowest BCUT2D eigenvalue weighted by atomic mass is 9.81. The number of fused-ring (bicyclic) bond motifs is 5. The van der Waals surface area contributed by atoms with Crippen LogP contribution in [0.25, 0.3) is 10.6 Å². The maximum atomic E-state index is 13.2. The minimum Gasteiger partial charge on any atom is -0.373 e. The summed E-state index contributed by atoms with van der Waals surface area (Å²) >= 11 is 5.10. The molecule has 27 heavy (non-hydrogen) atoms. The Bertz CT molecular complexity index is 940. The molecule has 1 aromatic carbocycles. The van der Waals surface area contributed by atoms with Crippen molar-refractivity contribution in [3.8, 4) is 10.6 Å². The van der Waals surface area contributed by atoms with Crippen LogP contribution in [0.15, 0.2) is 22.7 Å². The van der Waals surface area contributed by atoms with E-state index in [4.69, 9.17) is 9.72 Å². The summed E-state index contributed by atoms with van der Waals surface area (Å²) in [5, 5.41) is 0.892. The van der Waals surface area contributed by atoms with Crippen molar-refractivity contribution in [3.05, 3.63) is 38.8 Å². The summed E-state index contributed by atoms with van der Waals surface area (Å²) in [5.74, 6) is -1.11. The van der Waals surface area contributed by atoms with E-state index >= 15 is 0 Å². The Morgan fingerprint density at radius 2 is 1.85 bits per heavy atom. The van der Waals surface area contributed by atoms with Gasteiger partial charge in [0.2, 0.25) is 0 Å². The van der Waals surface area contributed by atoms with Crippen molar-refractivity contribution in [2.24, 2.45) is 11.8 Å². The van der Waals surface area contributed by atoms with Gasteiger partial charge in [-0.15, -0.1) is 11.3 Å². The monoisotopic (exact) mass is 445 g/mol. The predicted molar refractivity (Wildman–Crippen MR) is 107 cm³/mol. The van der Waals surface area contributed by atoms with Gasteiger partial charge in [-0.05, 0) is 43.9 Å². The predicted octanol–water partition coefficient (Wildman–Crippen LogP) is 4.47. The van der Waals surface area contributed by atoms with Crippen LogP contribution in [0, 0.1) is 18.8 Å². The van der Waals surface area contributed by atoms with Crippen molar-refractivity contribution >= 4 is 38.8 Å².